The molecule has 2 aliphatic rings. The molecule has 38 heavy (non-hydrogen) atoms. The van der Waals surface area contributed by atoms with E-state index in [0.29, 0.717) is 30.7 Å². The van der Waals surface area contributed by atoms with Crippen molar-refractivity contribution in [2.75, 3.05) is 18.5 Å². The van der Waals surface area contributed by atoms with Gasteiger partial charge in [-0.05, 0) is 62.6 Å². The van der Waals surface area contributed by atoms with Gasteiger partial charge in [-0.2, -0.15) is 0 Å². The molecule has 200 valence electrons. The van der Waals surface area contributed by atoms with E-state index in [4.69, 9.17) is 15.5 Å². The van der Waals surface area contributed by atoms with Crippen LogP contribution in [0.2, 0.25) is 0 Å². The second-order valence-electron chi connectivity index (χ2n) is 11.1. The van der Waals surface area contributed by atoms with Gasteiger partial charge >= 0.3 is 0 Å². The van der Waals surface area contributed by atoms with Gasteiger partial charge in [-0.3, -0.25) is 14.7 Å². The predicted molar refractivity (Wildman–Crippen MR) is 150 cm³/mol. The SMILES string of the molecule is CC(C)(N)c1ccc(-c2ncc(NC(=O)CC3CCC(N4CCOC4O)CC3)cc2-c2ccccc2)cc1. The van der Waals surface area contributed by atoms with Crippen LogP contribution in [0.5, 0.6) is 0 Å². The van der Waals surface area contributed by atoms with Crippen LogP contribution >= 0.6 is 0 Å². The molecule has 1 saturated carbocycles. The molecule has 0 radical (unpaired) electrons. The standard InChI is InChI=1S/C31H38N4O3/c1-31(2,32)24-12-10-23(11-13-24)29-27(22-6-4-3-5-7-22)19-25(20-33-29)34-28(36)18-21-8-14-26(15-9-21)35-16-17-38-30(35)37/h3-7,10-13,19-21,26,30,37H,8-9,14-18,32H2,1-2H3,(H,34,36). The molecule has 2 aromatic carbocycles. The molecular weight excluding hydrogens is 476 g/mol. The van der Waals surface area contributed by atoms with Crippen LogP contribution in [0.4, 0.5) is 5.69 Å². The number of anilines is 1. The van der Waals surface area contributed by atoms with Gasteiger partial charge in [-0.1, -0.05) is 54.6 Å². The molecule has 7 nitrogen and oxygen atoms in total. The number of nitrogens with two attached hydrogens (primary N) is 1. The molecule has 1 atom stereocenters. The summed E-state index contributed by atoms with van der Waals surface area (Å²) in [6.45, 7) is 5.34. The molecule has 5 rings (SSSR count). The summed E-state index contributed by atoms with van der Waals surface area (Å²) < 4.78 is 5.28. The fourth-order valence-corrected chi connectivity index (χ4v) is 5.65. The fourth-order valence-electron chi connectivity index (χ4n) is 5.65. The van der Waals surface area contributed by atoms with Crippen molar-refractivity contribution in [1.29, 1.82) is 0 Å². The van der Waals surface area contributed by atoms with E-state index in [1.807, 2.05) is 55.1 Å². The Morgan fingerprint density at radius 1 is 1.08 bits per heavy atom. The Bertz CT molecular complexity index is 1230. The number of aliphatic hydroxyl groups excluding tert-OH is 1. The Balaban J connectivity index is 1.28. The van der Waals surface area contributed by atoms with E-state index in [0.717, 1.165) is 60.2 Å². The Labute approximate surface area is 225 Å². The Hall–Kier alpha value is -3.10. The number of amides is 1. The van der Waals surface area contributed by atoms with Crippen LogP contribution in [0.15, 0.2) is 66.9 Å². The second-order valence-corrected chi connectivity index (χ2v) is 11.1. The summed E-state index contributed by atoms with van der Waals surface area (Å²) in [7, 11) is 0. The van der Waals surface area contributed by atoms with Crippen molar-refractivity contribution in [1.82, 2.24) is 9.88 Å². The number of nitrogens with one attached hydrogen (secondary N) is 1. The van der Waals surface area contributed by atoms with E-state index >= 15 is 0 Å². The zero-order chi connectivity index (χ0) is 26.7. The van der Waals surface area contributed by atoms with E-state index in [1.54, 1.807) is 6.20 Å². The summed E-state index contributed by atoms with van der Waals surface area (Å²) in [5.41, 5.74) is 11.5. The first-order chi connectivity index (χ1) is 18.3. The maximum atomic E-state index is 13.0. The number of hydrogen-bond donors (Lipinski definition) is 3. The lowest BCUT2D eigenvalue weighted by Gasteiger charge is -2.35. The fraction of sp³-hybridized carbons (Fsp3) is 0.419. The van der Waals surface area contributed by atoms with Gasteiger partial charge in [0.1, 0.15) is 0 Å². The van der Waals surface area contributed by atoms with Crippen LogP contribution < -0.4 is 11.1 Å². The molecule has 3 aromatic rings. The van der Waals surface area contributed by atoms with Crippen molar-refractivity contribution >= 4 is 11.6 Å². The maximum Gasteiger partial charge on any atom is 0.224 e. The van der Waals surface area contributed by atoms with Gasteiger partial charge in [0, 0.05) is 35.7 Å². The first kappa shape index (κ1) is 26.5. The van der Waals surface area contributed by atoms with Crippen LogP contribution in [0.1, 0.15) is 51.5 Å². The van der Waals surface area contributed by atoms with Crippen LogP contribution in [0.3, 0.4) is 0 Å². The molecule has 2 heterocycles. The molecule has 4 N–H and O–H groups in total. The highest BCUT2D eigenvalue weighted by molar-refractivity contribution is 5.92. The number of aliphatic hydroxyl groups is 1. The molecule has 1 unspecified atom stereocenters. The molecule has 1 aliphatic heterocycles. The average molecular weight is 515 g/mol. The zero-order valence-corrected chi connectivity index (χ0v) is 22.3. The van der Waals surface area contributed by atoms with E-state index < -0.39 is 12.0 Å². The Morgan fingerprint density at radius 2 is 1.79 bits per heavy atom. The van der Waals surface area contributed by atoms with Crippen molar-refractivity contribution in [3.8, 4) is 22.4 Å². The summed E-state index contributed by atoms with van der Waals surface area (Å²) in [5.74, 6) is 0.360. The number of ether oxygens (including phenoxy) is 1. The van der Waals surface area contributed by atoms with E-state index in [1.165, 1.54) is 0 Å². The summed E-state index contributed by atoms with van der Waals surface area (Å²) >= 11 is 0. The summed E-state index contributed by atoms with van der Waals surface area (Å²) in [6.07, 6.45) is 5.36. The molecule has 0 spiro atoms. The monoisotopic (exact) mass is 514 g/mol. The van der Waals surface area contributed by atoms with Crippen LogP contribution in [0, 0.1) is 5.92 Å². The maximum absolute atomic E-state index is 13.0. The summed E-state index contributed by atoms with van der Waals surface area (Å²) in [6, 6.07) is 20.7. The van der Waals surface area contributed by atoms with Crippen LogP contribution in [-0.2, 0) is 15.1 Å². The molecule has 1 aliphatic carbocycles. The average Bonchev–Trinajstić information content (AvgIpc) is 3.35. The molecule has 1 saturated heterocycles. The normalized spacial score (nSPS) is 22.4. The first-order valence-corrected chi connectivity index (χ1v) is 13.6. The second kappa shape index (κ2) is 11.3. The number of hydrogen-bond acceptors (Lipinski definition) is 6. The highest BCUT2D eigenvalue weighted by Gasteiger charge is 2.33. The van der Waals surface area contributed by atoms with Gasteiger partial charge in [0.05, 0.1) is 24.2 Å². The topological polar surface area (TPSA) is 101 Å². The van der Waals surface area contributed by atoms with Gasteiger partial charge in [-0.15, -0.1) is 0 Å². The number of carbonyl (C=O) groups excluding carboxylic acids is 1. The summed E-state index contributed by atoms with van der Waals surface area (Å²) in [5, 5.41) is 13.1. The van der Waals surface area contributed by atoms with Crippen molar-refractivity contribution in [2.45, 2.75) is 63.9 Å². The minimum atomic E-state index is -0.778. The molecule has 2 fully saturated rings. The third-order valence-corrected chi connectivity index (χ3v) is 7.82. The van der Waals surface area contributed by atoms with Gasteiger partial charge in [0.2, 0.25) is 12.3 Å². The number of aromatic nitrogens is 1. The largest absolute Gasteiger partial charge is 0.356 e. The number of nitrogens with zero attached hydrogens (tertiary/aromatic N) is 2. The van der Waals surface area contributed by atoms with E-state index in [-0.39, 0.29) is 5.91 Å². The molecule has 0 bridgehead atoms. The lowest BCUT2D eigenvalue weighted by Crippen LogP contribution is -2.41. The van der Waals surface area contributed by atoms with E-state index in [2.05, 4.69) is 29.6 Å². The first-order valence-electron chi connectivity index (χ1n) is 13.6. The van der Waals surface area contributed by atoms with Gasteiger partial charge in [-0.25, -0.2) is 0 Å². The smallest absolute Gasteiger partial charge is 0.224 e. The van der Waals surface area contributed by atoms with Crippen LogP contribution in [0.25, 0.3) is 22.4 Å². The zero-order valence-electron chi connectivity index (χ0n) is 22.3. The minimum absolute atomic E-state index is 0.0149. The highest BCUT2D eigenvalue weighted by atomic mass is 16.6. The molecule has 1 aromatic heterocycles. The van der Waals surface area contributed by atoms with Crippen molar-refractivity contribution < 1.29 is 14.6 Å². The third-order valence-electron chi connectivity index (χ3n) is 7.82. The molecule has 1 amide bonds. The quantitative estimate of drug-likeness (QED) is 0.405. The third kappa shape index (κ3) is 6.13. The lowest BCUT2D eigenvalue weighted by molar-refractivity contribution is -0.149. The van der Waals surface area contributed by atoms with Gasteiger partial charge < -0.3 is 20.9 Å². The van der Waals surface area contributed by atoms with Crippen molar-refractivity contribution in [2.24, 2.45) is 11.7 Å². The number of benzene rings is 2. The van der Waals surface area contributed by atoms with Crippen LogP contribution in [-0.4, -0.2) is 46.5 Å². The van der Waals surface area contributed by atoms with E-state index in [9.17, 15) is 9.90 Å². The lowest BCUT2D eigenvalue weighted by atomic mass is 9.83. The van der Waals surface area contributed by atoms with Gasteiger partial charge in [0.15, 0.2) is 0 Å². The highest BCUT2D eigenvalue weighted by Crippen LogP contribution is 2.34. The van der Waals surface area contributed by atoms with Crippen molar-refractivity contribution in [3.05, 3.63) is 72.4 Å². The number of pyridine rings is 1. The summed E-state index contributed by atoms with van der Waals surface area (Å²) in [4.78, 5) is 19.8. The predicted octanol–water partition coefficient (Wildman–Crippen LogP) is 5.10. The molecular formula is C31H38N4O3. The van der Waals surface area contributed by atoms with Gasteiger partial charge in [0.25, 0.3) is 0 Å². The Morgan fingerprint density at radius 3 is 2.42 bits per heavy atom. The minimum Gasteiger partial charge on any atom is -0.356 e. The van der Waals surface area contributed by atoms with Crippen molar-refractivity contribution in [3.63, 3.8) is 0 Å². The molecule has 7 heteroatoms. The number of carbonyl (C=O) groups is 1. The Kier molecular flexibility index (Phi) is 7.91. The number of rotatable bonds is 7.